The molecular weight excluding hydrogens is 170 g/mol. The molecule has 0 aliphatic carbocycles. The quantitative estimate of drug-likeness (QED) is 0.527. The maximum absolute atomic E-state index is 2.33. The van der Waals surface area contributed by atoms with E-state index in [0.29, 0.717) is 0 Å². The molecule has 88 valence electrons. The van der Waals surface area contributed by atoms with E-state index in [1.54, 1.807) is 5.57 Å². The highest BCUT2D eigenvalue weighted by Gasteiger charge is 2.01. The standard InChI is InChI=1S/C7H13N.3C2H6/c1-7-3-5-8(2)6-4-7;3*1-2/h3H,4-6H2,1-2H3;3*1-2H3. The normalized spacial score (nSPS) is 14.4. The van der Waals surface area contributed by atoms with Crippen LogP contribution in [0, 0.1) is 0 Å². The van der Waals surface area contributed by atoms with Crippen molar-refractivity contribution in [3.8, 4) is 0 Å². The Balaban J connectivity index is -0.000000174. The molecule has 0 radical (unpaired) electrons. The maximum atomic E-state index is 2.33. The maximum Gasteiger partial charge on any atom is 0.0162 e. The zero-order valence-electron chi connectivity index (χ0n) is 11.6. The molecule has 1 aliphatic rings. The number of rotatable bonds is 0. The molecule has 1 heterocycles. The van der Waals surface area contributed by atoms with E-state index in [4.69, 9.17) is 0 Å². The fourth-order valence-electron chi connectivity index (χ4n) is 0.872. The van der Waals surface area contributed by atoms with Crippen molar-refractivity contribution in [1.29, 1.82) is 0 Å². The SMILES string of the molecule is CC.CC.CC.CC1=CCN(C)CC1. The Kier molecular flexibility index (Phi) is 25.5. The number of hydrogen-bond donors (Lipinski definition) is 0. The van der Waals surface area contributed by atoms with Crippen LogP contribution in [0.15, 0.2) is 11.6 Å². The van der Waals surface area contributed by atoms with Gasteiger partial charge in [0.15, 0.2) is 0 Å². The van der Waals surface area contributed by atoms with Crippen LogP contribution >= 0.6 is 0 Å². The number of hydrogen-bond acceptors (Lipinski definition) is 1. The molecule has 1 aliphatic heterocycles. The van der Waals surface area contributed by atoms with Gasteiger partial charge in [-0.2, -0.15) is 0 Å². The first-order valence-electron chi connectivity index (χ1n) is 6.13. The van der Waals surface area contributed by atoms with E-state index in [1.807, 2.05) is 41.5 Å². The summed E-state index contributed by atoms with van der Waals surface area (Å²) in [4.78, 5) is 2.33. The minimum absolute atomic E-state index is 1.14. The molecule has 0 aromatic carbocycles. The topological polar surface area (TPSA) is 3.24 Å². The third-order valence-electron chi connectivity index (χ3n) is 1.64. The van der Waals surface area contributed by atoms with Crippen molar-refractivity contribution in [2.75, 3.05) is 20.1 Å². The molecule has 1 nitrogen and oxygen atoms in total. The second-order valence-corrected chi connectivity index (χ2v) is 2.56. The largest absolute Gasteiger partial charge is 0.302 e. The Morgan fingerprint density at radius 3 is 1.64 bits per heavy atom. The molecule has 1 heteroatoms. The van der Waals surface area contributed by atoms with Crippen LogP contribution in [0.2, 0.25) is 0 Å². The predicted molar refractivity (Wildman–Crippen MR) is 69.9 cm³/mol. The summed E-state index contributed by atoms with van der Waals surface area (Å²) in [6, 6.07) is 0. The van der Waals surface area contributed by atoms with Crippen LogP contribution in [0.1, 0.15) is 54.9 Å². The monoisotopic (exact) mass is 201 g/mol. The van der Waals surface area contributed by atoms with Gasteiger partial charge in [0.1, 0.15) is 0 Å². The van der Waals surface area contributed by atoms with Crippen LogP contribution < -0.4 is 0 Å². The van der Waals surface area contributed by atoms with Gasteiger partial charge in [-0.1, -0.05) is 53.2 Å². The van der Waals surface area contributed by atoms with E-state index >= 15 is 0 Å². The first-order valence-corrected chi connectivity index (χ1v) is 6.13. The average Bonchev–Trinajstić information content (AvgIpc) is 2.31. The average molecular weight is 201 g/mol. The van der Waals surface area contributed by atoms with E-state index < -0.39 is 0 Å². The summed E-state index contributed by atoms with van der Waals surface area (Å²) in [5.41, 5.74) is 1.54. The van der Waals surface area contributed by atoms with Crippen molar-refractivity contribution in [1.82, 2.24) is 4.90 Å². The Bertz CT molecular complexity index is 106. The molecule has 0 fully saturated rings. The molecule has 1 rings (SSSR count). The van der Waals surface area contributed by atoms with Gasteiger partial charge < -0.3 is 4.90 Å². The molecule has 0 aromatic rings. The summed E-state index contributed by atoms with van der Waals surface area (Å²) in [7, 11) is 2.16. The summed E-state index contributed by atoms with van der Waals surface area (Å²) in [6.45, 7) is 16.6. The molecular formula is C13H31N. The van der Waals surface area contributed by atoms with Crippen molar-refractivity contribution in [2.24, 2.45) is 0 Å². The zero-order chi connectivity index (χ0) is 12.0. The Labute approximate surface area is 92.2 Å². The van der Waals surface area contributed by atoms with Crippen LogP contribution in [-0.2, 0) is 0 Å². The van der Waals surface area contributed by atoms with Gasteiger partial charge in [-0.3, -0.25) is 0 Å². The summed E-state index contributed by atoms with van der Waals surface area (Å²) in [5.74, 6) is 0. The third kappa shape index (κ3) is 14.2. The Hall–Kier alpha value is -0.300. The van der Waals surface area contributed by atoms with Crippen LogP contribution in [0.4, 0.5) is 0 Å². The van der Waals surface area contributed by atoms with Gasteiger partial charge in [-0.05, 0) is 20.4 Å². The molecule has 14 heavy (non-hydrogen) atoms. The van der Waals surface area contributed by atoms with E-state index in [9.17, 15) is 0 Å². The molecule has 0 spiro atoms. The fraction of sp³-hybridized carbons (Fsp3) is 0.846. The van der Waals surface area contributed by atoms with Gasteiger partial charge in [0.05, 0.1) is 0 Å². The van der Waals surface area contributed by atoms with E-state index in [1.165, 1.54) is 13.0 Å². The predicted octanol–water partition coefficient (Wildman–Crippen LogP) is 4.35. The van der Waals surface area contributed by atoms with Gasteiger partial charge in [-0.15, -0.1) is 0 Å². The second-order valence-electron chi connectivity index (χ2n) is 2.56. The third-order valence-corrected chi connectivity index (χ3v) is 1.64. The minimum Gasteiger partial charge on any atom is -0.302 e. The molecule has 0 bridgehead atoms. The van der Waals surface area contributed by atoms with Crippen molar-refractivity contribution >= 4 is 0 Å². The van der Waals surface area contributed by atoms with E-state index in [0.717, 1.165) is 6.54 Å². The van der Waals surface area contributed by atoms with Crippen LogP contribution in [0.3, 0.4) is 0 Å². The summed E-state index contributed by atoms with van der Waals surface area (Å²) in [5, 5.41) is 0. The summed E-state index contributed by atoms with van der Waals surface area (Å²) in [6.07, 6.45) is 3.56. The molecule has 0 atom stereocenters. The van der Waals surface area contributed by atoms with Crippen molar-refractivity contribution < 1.29 is 0 Å². The fourth-order valence-corrected chi connectivity index (χ4v) is 0.872. The van der Waals surface area contributed by atoms with Crippen molar-refractivity contribution in [3.05, 3.63) is 11.6 Å². The Morgan fingerprint density at radius 2 is 1.43 bits per heavy atom. The first-order chi connectivity index (χ1) is 6.79. The summed E-state index contributed by atoms with van der Waals surface area (Å²) < 4.78 is 0. The Morgan fingerprint density at radius 1 is 1.00 bits per heavy atom. The molecule has 0 N–H and O–H groups in total. The lowest BCUT2D eigenvalue weighted by Gasteiger charge is -2.19. The van der Waals surface area contributed by atoms with Gasteiger partial charge in [-0.25, -0.2) is 0 Å². The van der Waals surface area contributed by atoms with E-state index in [-0.39, 0.29) is 0 Å². The van der Waals surface area contributed by atoms with Crippen LogP contribution in [0.5, 0.6) is 0 Å². The van der Waals surface area contributed by atoms with Gasteiger partial charge in [0.2, 0.25) is 0 Å². The molecule has 0 saturated carbocycles. The molecule has 0 aromatic heterocycles. The highest BCUT2D eigenvalue weighted by molar-refractivity contribution is 5.02. The van der Waals surface area contributed by atoms with Crippen molar-refractivity contribution in [3.63, 3.8) is 0 Å². The van der Waals surface area contributed by atoms with Crippen LogP contribution in [-0.4, -0.2) is 25.0 Å². The molecule has 0 amide bonds. The summed E-state index contributed by atoms with van der Waals surface area (Å²) >= 11 is 0. The lowest BCUT2D eigenvalue weighted by atomic mass is 10.1. The highest BCUT2D eigenvalue weighted by Crippen LogP contribution is 2.06. The number of nitrogens with zero attached hydrogens (tertiary/aromatic N) is 1. The second kappa shape index (κ2) is 18.5. The highest BCUT2D eigenvalue weighted by atomic mass is 15.1. The van der Waals surface area contributed by atoms with Crippen LogP contribution in [0.25, 0.3) is 0 Å². The first kappa shape index (κ1) is 19.3. The zero-order valence-corrected chi connectivity index (χ0v) is 11.6. The van der Waals surface area contributed by atoms with Gasteiger partial charge >= 0.3 is 0 Å². The lowest BCUT2D eigenvalue weighted by molar-refractivity contribution is 0.359. The lowest BCUT2D eigenvalue weighted by Crippen LogP contribution is -2.23. The van der Waals surface area contributed by atoms with E-state index in [2.05, 4.69) is 24.9 Å². The minimum atomic E-state index is 1.14. The van der Waals surface area contributed by atoms with Crippen molar-refractivity contribution in [2.45, 2.75) is 54.9 Å². The van der Waals surface area contributed by atoms with Gasteiger partial charge in [0.25, 0.3) is 0 Å². The number of likely N-dealkylation sites (N-methyl/N-ethyl adjacent to an activating group) is 1. The molecule has 0 unspecified atom stereocenters. The smallest absolute Gasteiger partial charge is 0.0162 e. The van der Waals surface area contributed by atoms with Gasteiger partial charge in [0, 0.05) is 13.1 Å². The molecule has 0 saturated heterocycles.